The summed E-state index contributed by atoms with van der Waals surface area (Å²) in [5, 5.41) is 0. The van der Waals surface area contributed by atoms with Crippen molar-refractivity contribution in [3.8, 4) is 5.75 Å². The van der Waals surface area contributed by atoms with Crippen LogP contribution in [0.4, 0.5) is 0 Å². The van der Waals surface area contributed by atoms with E-state index in [1.165, 1.54) is 5.56 Å². The van der Waals surface area contributed by atoms with Crippen molar-refractivity contribution < 1.29 is 17.4 Å². The highest BCUT2D eigenvalue weighted by atomic mass is 32.2. The highest BCUT2D eigenvalue weighted by Crippen LogP contribution is 2.20. The van der Waals surface area contributed by atoms with Gasteiger partial charge in [-0.2, -0.15) is 8.42 Å². The first-order valence-electron chi connectivity index (χ1n) is 10.1. The van der Waals surface area contributed by atoms with Crippen LogP contribution in [0.2, 0.25) is 0 Å². The van der Waals surface area contributed by atoms with Crippen molar-refractivity contribution in [3.05, 3.63) is 65.2 Å². The molecule has 2 aromatic carbocycles. The molecule has 5 nitrogen and oxygen atoms in total. The van der Waals surface area contributed by atoms with E-state index in [0.717, 1.165) is 37.5 Å². The van der Waals surface area contributed by atoms with E-state index in [9.17, 15) is 13.2 Å². The van der Waals surface area contributed by atoms with Gasteiger partial charge in [-0.3, -0.25) is 4.79 Å². The van der Waals surface area contributed by atoms with Crippen LogP contribution in [-0.4, -0.2) is 31.5 Å². The summed E-state index contributed by atoms with van der Waals surface area (Å²) in [6.07, 6.45) is 5.13. The standard InChI is InChI=1S/C23H31NO4S/c1-5-7-9-19-12-14-21(15-13-19)23(25)24(18(3)6-2)17-20-10-8-11-22(16-20)28-29(4,26)27/h8,10-16,18H,5-7,9,17H2,1-4H3/t18-/m0/s1. The predicted octanol–water partition coefficient (Wildman–Crippen LogP) is 4.81. The van der Waals surface area contributed by atoms with Gasteiger partial charge in [0.2, 0.25) is 0 Å². The largest absolute Gasteiger partial charge is 0.383 e. The molecule has 0 heterocycles. The lowest BCUT2D eigenvalue weighted by Crippen LogP contribution is -2.37. The minimum Gasteiger partial charge on any atom is -0.383 e. The number of carbonyl (C=O) groups excluding carboxylic acids is 1. The molecule has 0 saturated heterocycles. The van der Waals surface area contributed by atoms with Crippen molar-refractivity contribution >= 4 is 16.0 Å². The number of aryl methyl sites for hydroxylation is 1. The normalized spacial score (nSPS) is 12.4. The third-order valence-electron chi connectivity index (χ3n) is 4.90. The van der Waals surface area contributed by atoms with Gasteiger partial charge >= 0.3 is 10.1 Å². The zero-order chi connectivity index (χ0) is 21.4. The van der Waals surface area contributed by atoms with Crippen molar-refractivity contribution in [2.24, 2.45) is 0 Å². The van der Waals surface area contributed by atoms with Crippen LogP contribution in [0.5, 0.6) is 5.75 Å². The molecule has 2 aromatic rings. The van der Waals surface area contributed by atoms with Gasteiger partial charge in [0.05, 0.1) is 6.26 Å². The zero-order valence-electron chi connectivity index (χ0n) is 17.7. The molecule has 6 heteroatoms. The molecule has 0 radical (unpaired) electrons. The van der Waals surface area contributed by atoms with Crippen molar-refractivity contribution in [1.82, 2.24) is 4.90 Å². The number of rotatable bonds is 10. The van der Waals surface area contributed by atoms with Crippen LogP contribution in [0.1, 0.15) is 61.5 Å². The van der Waals surface area contributed by atoms with Crippen molar-refractivity contribution in [2.75, 3.05) is 6.26 Å². The number of carbonyl (C=O) groups is 1. The molecule has 0 unspecified atom stereocenters. The Kier molecular flexibility index (Phi) is 8.26. The maximum Gasteiger partial charge on any atom is 0.306 e. The van der Waals surface area contributed by atoms with Crippen molar-refractivity contribution in [2.45, 2.75) is 59.0 Å². The van der Waals surface area contributed by atoms with Gasteiger partial charge in [0.15, 0.2) is 0 Å². The lowest BCUT2D eigenvalue weighted by molar-refractivity contribution is 0.0671. The van der Waals surface area contributed by atoms with Crippen molar-refractivity contribution in [1.29, 1.82) is 0 Å². The summed E-state index contributed by atoms with van der Waals surface area (Å²) in [7, 11) is -3.59. The fraction of sp³-hybridized carbons (Fsp3) is 0.435. The summed E-state index contributed by atoms with van der Waals surface area (Å²) < 4.78 is 27.7. The van der Waals surface area contributed by atoms with Gasteiger partial charge in [0.25, 0.3) is 5.91 Å². The van der Waals surface area contributed by atoms with Crippen LogP contribution < -0.4 is 4.18 Å². The quantitative estimate of drug-likeness (QED) is 0.521. The van der Waals surface area contributed by atoms with Gasteiger partial charge in [-0.1, -0.05) is 44.5 Å². The summed E-state index contributed by atoms with van der Waals surface area (Å²) in [5.74, 6) is 0.220. The number of nitrogens with zero attached hydrogens (tertiary/aromatic N) is 1. The highest BCUT2D eigenvalue weighted by molar-refractivity contribution is 7.86. The van der Waals surface area contributed by atoms with Gasteiger partial charge in [0, 0.05) is 18.2 Å². The van der Waals surface area contributed by atoms with E-state index in [1.54, 1.807) is 18.2 Å². The van der Waals surface area contributed by atoms with Gasteiger partial charge in [-0.05, 0) is 61.6 Å². The topological polar surface area (TPSA) is 63.7 Å². The van der Waals surface area contributed by atoms with E-state index in [4.69, 9.17) is 4.18 Å². The summed E-state index contributed by atoms with van der Waals surface area (Å²) in [5.41, 5.74) is 2.72. The Morgan fingerprint density at radius 1 is 1.07 bits per heavy atom. The molecule has 2 rings (SSSR count). The van der Waals surface area contributed by atoms with E-state index in [0.29, 0.717) is 12.1 Å². The van der Waals surface area contributed by atoms with Crippen LogP contribution in [0.25, 0.3) is 0 Å². The maximum absolute atomic E-state index is 13.2. The van der Waals surface area contributed by atoms with Crippen LogP contribution >= 0.6 is 0 Å². The molecule has 0 aromatic heterocycles. The van der Waals surface area contributed by atoms with Gasteiger partial charge < -0.3 is 9.08 Å². The first kappa shape index (κ1) is 22.9. The van der Waals surface area contributed by atoms with E-state index < -0.39 is 10.1 Å². The Hall–Kier alpha value is -2.34. The lowest BCUT2D eigenvalue weighted by Gasteiger charge is -2.29. The number of amides is 1. The molecule has 0 saturated carbocycles. The predicted molar refractivity (Wildman–Crippen MR) is 117 cm³/mol. The summed E-state index contributed by atoms with van der Waals surface area (Å²) in [6.45, 7) is 6.61. The SMILES string of the molecule is CCCCc1ccc(C(=O)N(Cc2cccc(OS(C)(=O)=O)c2)[C@@H](C)CC)cc1. The first-order valence-corrected chi connectivity index (χ1v) is 11.9. The third kappa shape index (κ3) is 7.20. The lowest BCUT2D eigenvalue weighted by atomic mass is 10.0. The van der Waals surface area contributed by atoms with E-state index >= 15 is 0 Å². The number of hydrogen-bond acceptors (Lipinski definition) is 4. The fourth-order valence-corrected chi connectivity index (χ4v) is 3.53. The molecule has 158 valence electrons. The fourth-order valence-electron chi connectivity index (χ4n) is 3.08. The Bertz CT molecular complexity index is 907. The third-order valence-corrected chi connectivity index (χ3v) is 5.40. The number of hydrogen-bond donors (Lipinski definition) is 0. The Balaban J connectivity index is 2.21. The molecule has 0 fully saturated rings. The second kappa shape index (κ2) is 10.4. The average Bonchev–Trinajstić information content (AvgIpc) is 2.69. The molecule has 1 atom stereocenters. The summed E-state index contributed by atoms with van der Waals surface area (Å²) >= 11 is 0. The Morgan fingerprint density at radius 2 is 1.76 bits per heavy atom. The zero-order valence-corrected chi connectivity index (χ0v) is 18.5. The van der Waals surface area contributed by atoms with Crippen LogP contribution in [0, 0.1) is 0 Å². The molecule has 1 amide bonds. The molecule has 0 bridgehead atoms. The molecule has 0 aliphatic rings. The Labute approximate surface area is 174 Å². The van der Waals surface area contributed by atoms with Crippen LogP contribution in [0.3, 0.4) is 0 Å². The minimum atomic E-state index is -3.59. The second-order valence-corrected chi connectivity index (χ2v) is 9.00. The molecule has 0 N–H and O–H groups in total. The maximum atomic E-state index is 13.2. The monoisotopic (exact) mass is 417 g/mol. The molecule has 29 heavy (non-hydrogen) atoms. The summed E-state index contributed by atoms with van der Waals surface area (Å²) in [4.78, 5) is 15.0. The molecule has 0 aliphatic carbocycles. The number of unbranched alkanes of at least 4 members (excludes halogenated alkanes) is 1. The van der Waals surface area contributed by atoms with E-state index in [-0.39, 0.29) is 17.7 Å². The molecule has 0 spiro atoms. The van der Waals surface area contributed by atoms with E-state index in [1.807, 2.05) is 49.1 Å². The summed E-state index contributed by atoms with van der Waals surface area (Å²) in [6, 6.07) is 14.7. The van der Waals surface area contributed by atoms with Gasteiger partial charge in [-0.25, -0.2) is 0 Å². The van der Waals surface area contributed by atoms with Crippen LogP contribution in [0.15, 0.2) is 48.5 Å². The average molecular weight is 418 g/mol. The first-order chi connectivity index (χ1) is 13.7. The van der Waals surface area contributed by atoms with Crippen molar-refractivity contribution in [3.63, 3.8) is 0 Å². The number of benzene rings is 2. The molecular weight excluding hydrogens is 386 g/mol. The second-order valence-electron chi connectivity index (χ2n) is 7.43. The molecular formula is C23H31NO4S. The molecule has 0 aliphatic heterocycles. The van der Waals surface area contributed by atoms with Crippen LogP contribution in [-0.2, 0) is 23.1 Å². The van der Waals surface area contributed by atoms with Gasteiger partial charge in [-0.15, -0.1) is 0 Å². The highest BCUT2D eigenvalue weighted by Gasteiger charge is 2.21. The smallest absolute Gasteiger partial charge is 0.306 e. The van der Waals surface area contributed by atoms with E-state index in [2.05, 4.69) is 6.92 Å². The Morgan fingerprint density at radius 3 is 2.34 bits per heavy atom. The van der Waals surface area contributed by atoms with Gasteiger partial charge in [0.1, 0.15) is 5.75 Å². The minimum absolute atomic E-state index is 0.0316.